The highest BCUT2D eigenvalue weighted by molar-refractivity contribution is 5.94. The Labute approximate surface area is 147 Å². The molecule has 9 nitrogen and oxygen atoms in total. The summed E-state index contributed by atoms with van der Waals surface area (Å²) in [6.07, 6.45) is -3.29. The van der Waals surface area contributed by atoms with E-state index in [2.05, 4.69) is 10.3 Å². The molecule has 144 valence electrons. The van der Waals surface area contributed by atoms with Crippen LogP contribution in [0, 0.1) is 0 Å². The van der Waals surface area contributed by atoms with Crippen molar-refractivity contribution in [2.75, 3.05) is 25.5 Å². The fraction of sp³-hybridized carbons (Fsp3) is 0.667. The van der Waals surface area contributed by atoms with Crippen LogP contribution in [0.2, 0.25) is 0 Å². The number of likely N-dealkylation sites (tertiary alicyclic amines) is 1. The van der Waals surface area contributed by atoms with Crippen molar-refractivity contribution in [3.8, 4) is 0 Å². The number of alkyl halides is 2. The van der Waals surface area contributed by atoms with Gasteiger partial charge in [0, 0.05) is 6.20 Å². The van der Waals surface area contributed by atoms with Crippen molar-refractivity contribution < 1.29 is 28.5 Å². The maximum atomic E-state index is 14.1. The average molecular weight is 374 g/mol. The van der Waals surface area contributed by atoms with Crippen molar-refractivity contribution in [3.63, 3.8) is 0 Å². The van der Waals surface area contributed by atoms with Crippen LogP contribution >= 0.6 is 0 Å². The van der Waals surface area contributed by atoms with Crippen LogP contribution in [0.5, 0.6) is 0 Å². The lowest BCUT2D eigenvalue weighted by molar-refractivity contribution is -0.141. The molecule has 0 radical (unpaired) electrons. The summed E-state index contributed by atoms with van der Waals surface area (Å²) < 4.78 is 33.7. The van der Waals surface area contributed by atoms with Crippen molar-refractivity contribution in [1.82, 2.24) is 14.5 Å². The largest absolute Gasteiger partial charge is 0.394 e. The van der Waals surface area contributed by atoms with E-state index in [1.807, 2.05) is 11.9 Å². The van der Waals surface area contributed by atoms with Gasteiger partial charge in [0.25, 0.3) is 0 Å². The van der Waals surface area contributed by atoms with E-state index in [0.717, 1.165) is 19.2 Å². The molecule has 0 bridgehead atoms. The van der Waals surface area contributed by atoms with Gasteiger partial charge in [0.15, 0.2) is 6.10 Å². The third-order valence-corrected chi connectivity index (χ3v) is 4.72. The van der Waals surface area contributed by atoms with E-state index >= 15 is 0 Å². The number of carbonyl (C=O) groups excluding carboxylic acids is 1. The van der Waals surface area contributed by atoms with Gasteiger partial charge in [-0.05, 0) is 32.5 Å². The van der Waals surface area contributed by atoms with Crippen LogP contribution in [0.3, 0.4) is 0 Å². The number of amides is 1. The molecule has 1 amide bonds. The van der Waals surface area contributed by atoms with Crippen molar-refractivity contribution in [3.05, 3.63) is 22.7 Å². The SMILES string of the molecule is CN1CCCC1C(=O)Nc1ccn(C2OC(CO)C(O)C2(F)F)c(=O)n1. The van der Waals surface area contributed by atoms with E-state index in [9.17, 15) is 23.5 Å². The fourth-order valence-electron chi connectivity index (χ4n) is 3.23. The maximum Gasteiger partial charge on any atom is 0.351 e. The van der Waals surface area contributed by atoms with E-state index in [4.69, 9.17) is 9.84 Å². The predicted octanol–water partition coefficient (Wildman–Crippen LogP) is -0.838. The number of hydrogen-bond acceptors (Lipinski definition) is 7. The molecule has 0 spiro atoms. The molecule has 3 rings (SSSR count). The Kier molecular flexibility index (Phi) is 5.06. The number of halogens is 2. The molecule has 0 saturated carbocycles. The van der Waals surface area contributed by atoms with Gasteiger partial charge in [-0.2, -0.15) is 13.8 Å². The zero-order valence-electron chi connectivity index (χ0n) is 14.0. The van der Waals surface area contributed by atoms with E-state index in [-0.39, 0.29) is 17.8 Å². The number of carbonyl (C=O) groups is 1. The molecule has 4 unspecified atom stereocenters. The summed E-state index contributed by atoms with van der Waals surface area (Å²) in [4.78, 5) is 29.8. The third kappa shape index (κ3) is 3.22. The molecule has 3 heterocycles. The number of aliphatic hydroxyl groups excluding tert-OH is 2. The Hall–Kier alpha value is -1.95. The van der Waals surface area contributed by atoms with Gasteiger partial charge < -0.3 is 20.3 Å². The summed E-state index contributed by atoms with van der Waals surface area (Å²) in [7, 11) is 1.81. The van der Waals surface area contributed by atoms with Gasteiger partial charge in [0.2, 0.25) is 12.1 Å². The van der Waals surface area contributed by atoms with Gasteiger partial charge in [0.05, 0.1) is 12.6 Å². The van der Waals surface area contributed by atoms with Gasteiger partial charge in [-0.1, -0.05) is 0 Å². The van der Waals surface area contributed by atoms with Crippen LogP contribution in [0.25, 0.3) is 0 Å². The summed E-state index contributed by atoms with van der Waals surface area (Å²) in [6.45, 7) is -0.0337. The normalized spacial score (nSPS) is 31.3. The zero-order valence-corrected chi connectivity index (χ0v) is 14.0. The predicted molar refractivity (Wildman–Crippen MR) is 84.7 cm³/mol. The first kappa shape index (κ1) is 18.8. The second-order valence-electron chi connectivity index (χ2n) is 6.46. The highest BCUT2D eigenvalue weighted by Crippen LogP contribution is 2.41. The first-order valence-corrected chi connectivity index (χ1v) is 8.18. The zero-order chi connectivity index (χ0) is 19.1. The number of likely N-dealkylation sites (N-methyl/N-ethyl adjacent to an activating group) is 1. The average Bonchev–Trinajstić information content (AvgIpc) is 3.10. The molecule has 1 aromatic heterocycles. The Balaban J connectivity index is 1.78. The highest BCUT2D eigenvalue weighted by atomic mass is 19.3. The summed E-state index contributed by atoms with van der Waals surface area (Å²) in [5.41, 5.74) is -1.07. The molecule has 26 heavy (non-hydrogen) atoms. The highest BCUT2D eigenvalue weighted by Gasteiger charge is 2.59. The van der Waals surface area contributed by atoms with Crippen LogP contribution in [0.1, 0.15) is 19.1 Å². The minimum absolute atomic E-state index is 0.0582. The standard InChI is InChI=1S/C15H20F2N4O5/c1-20-5-2-3-8(20)12(24)18-10-4-6-21(14(25)19-10)13-15(16,17)11(23)9(7-22)26-13/h4,6,8-9,11,13,22-23H,2-3,5,7H2,1H3,(H,18,19,24,25). The quantitative estimate of drug-likeness (QED) is 0.629. The monoisotopic (exact) mass is 374 g/mol. The molecule has 2 aliphatic heterocycles. The number of hydrogen-bond donors (Lipinski definition) is 3. The molecule has 2 aliphatic rings. The number of nitrogens with one attached hydrogen (secondary N) is 1. The van der Waals surface area contributed by atoms with Gasteiger partial charge in [0.1, 0.15) is 11.9 Å². The second-order valence-corrected chi connectivity index (χ2v) is 6.46. The van der Waals surface area contributed by atoms with Crippen LogP contribution in [-0.4, -0.2) is 74.9 Å². The van der Waals surface area contributed by atoms with Crippen molar-refractivity contribution in [1.29, 1.82) is 0 Å². The summed E-state index contributed by atoms with van der Waals surface area (Å²) in [5, 5.41) is 21.0. The molecule has 4 atom stereocenters. The van der Waals surface area contributed by atoms with Gasteiger partial charge in [-0.15, -0.1) is 0 Å². The first-order chi connectivity index (χ1) is 12.3. The van der Waals surface area contributed by atoms with E-state index in [1.165, 1.54) is 6.07 Å². The lowest BCUT2D eigenvalue weighted by Crippen LogP contribution is -2.42. The summed E-state index contributed by atoms with van der Waals surface area (Å²) >= 11 is 0. The maximum absolute atomic E-state index is 14.1. The van der Waals surface area contributed by atoms with Crippen LogP contribution in [0.15, 0.2) is 17.1 Å². The molecule has 2 fully saturated rings. The number of aliphatic hydroxyl groups is 2. The molecular formula is C15H20F2N4O5. The fourth-order valence-corrected chi connectivity index (χ4v) is 3.23. The summed E-state index contributed by atoms with van der Waals surface area (Å²) in [6, 6.07) is 0.869. The van der Waals surface area contributed by atoms with Crippen LogP contribution in [-0.2, 0) is 9.53 Å². The Morgan fingerprint density at radius 3 is 2.81 bits per heavy atom. The Bertz CT molecular complexity index is 743. The number of anilines is 1. The Morgan fingerprint density at radius 1 is 1.54 bits per heavy atom. The number of rotatable bonds is 4. The third-order valence-electron chi connectivity index (χ3n) is 4.72. The Morgan fingerprint density at radius 2 is 2.27 bits per heavy atom. The van der Waals surface area contributed by atoms with Gasteiger partial charge >= 0.3 is 11.6 Å². The molecule has 0 aromatic carbocycles. The van der Waals surface area contributed by atoms with E-state index < -0.39 is 36.7 Å². The molecule has 1 aromatic rings. The van der Waals surface area contributed by atoms with Gasteiger partial charge in [-0.3, -0.25) is 14.3 Å². The van der Waals surface area contributed by atoms with Crippen molar-refractivity contribution in [2.24, 2.45) is 0 Å². The van der Waals surface area contributed by atoms with Crippen molar-refractivity contribution >= 4 is 11.7 Å². The molecule has 0 aliphatic carbocycles. The molecular weight excluding hydrogens is 354 g/mol. The minimum atomic E-state index is -3.78. The summed E-state index contributed by atoms with van der Waals surface area (Å²) in [5.74, 6) is -4.17. The van der Waals surface area contributed by atoms with Crippen molar-refractivity contribution in [2.45, 2.75) is 43.2 Å². The van der Waals surface area contributed by atoms with E-state index in [1.54, 1.807) is 0 Å². The van der Waals surface area contributed by atoms with Crippen LogP contribution in [0.4, 0.5) is 14.6 Å². The first-order valence-electron chi connectivity index (χ1n) is 8.18. The number of aromatic nitrogens is 2. The smallest absolute Gasteiger partial charge is 0.351 e. The van der Waals surface area contributed by atoms with Crippen LogP contribution < -0.4 is 11.0 Å². The molecule has 3 N–H and O–H groups in total. The molecule has 2 saturated heterocycles. The minimum Gasteiger partial charge on any atom is -0.394 e. The number of nitrogens with zero attached hydrogens (tertiary/aromatic N) is 3. The lowest BCUT2D eigenvalue weighted by Gasteiger charge is -2.21. The topological polar surface area (TPSA) is 117 Å². The van der Waals surface area contributed by atoms with E-state index in [0.29, 0.717) is 11.0 Å². The molecule has 11 heteroatoms. The lowest BCUT2D eigenvalue weighted by atomic mass is 10.1. The number of ether oxygens (including phenoxy) is 1. The second kappa shape index (κ2) is 6.99. The van der Waals surface area contributed by atoms with Gasteiger partial charge in [-0.25, -0.2) is 4.79 Å².